The lowest BCUT2D eigenvalue weighted by Crippen LogP contribution is -2.31. The van der Waals surface area contributed by atoms with Gasteiger partial charge in [-0.2, -0.15) is 13.2 Å². The number of carbonyl (C=O) groups is 2. The summed E-state index contributed by atoms with van der Waals surface area (Å²) in [6.45, 7) is 2.27. The summed E-state index contributed by atoms with van der Waals surface area (Å²) >= 11 is 0. The molecule has 1 fully saturated rings. The number of hydrogen-bond acceptors (Lipinski definition) is 7. The Morgan fingerprint density at radius 3 is 2.50 bits per heavy atom. The van der Waals surface area contributed by atoms with E-state index < -0.39 is 23.3 Å². The van der Waals surface area contributed by atoms with E-state index in [1.54, 1.807) is 11.8 Å². The molecule has 3 aromatic heterocycles. The van der Waals surface area contributed by atoms with Gasteiger partial charge in [-0.25, -0.2) is 19.7 Å². The first kappa shape index (κ1) is 26.4. The fraction of sp³-hybridized carbons (Fsp3) is 0.231. The minimum atomic E-state index is -4.54. The number of fused-ring (bicyclic) bond motifs is 1. The van der Waals surface area contributed by atoms with Crippen LogP contribution < -0.4 is 16.7 Å². The first-order valence-electron chi connectivity index (χ1n) is 12.0. The molecule has 1 saturated heterocycles. The zero-order chi connectivity index (χ0) is 28.6. The fourth-order valence-electron chi connectivity index (χ4n) is 4.54. The summed E-state index contributed by atoms with van der Waals surface area (Å²) in [6.07, 6.45) is -2.15. The van der Waals surface area contributed by atoms with Gasteiger partial charge in [0, 0.05) is 24.8 Å². The molecule has 5 rings (SSSR count). The van der Waals surface area contributed by atoms with Crippen LogP contribution in [0.1, 0.15) is 35.3 Å². The third-order valence-electron chi connectivity index (χ3n) is 6.45. The van der Waals surface area contributed by atoms with Crippen LogP contribution in [0, 0.1) is 11.8 Å². The minimum absolute atomic E-state index is 0.0553. The van der Waals surface area contributed by atoms with Crippen molar-refractivity contribution < 1.29 is 22.8 Å². The Bertz CT molecular complexity index is 1730. The van der Waals surface area contributed by atoms with Crippen LogP contribution in [0.3, 0.4) is 0 Å². The Labute approximate surface area is 224 Å². The summed E-state index contributed by atoms with van der Waals surface area (Å²) in [5.41, 5.74) is 5.88. The van der Waals surface area contributed by atoms with Crippen LogP contribution in [-0.4, -0.2) is 53.9 Å². The van der Waals surface area contributed by atoms with Gasteiger partial charge in [-0.15, -0.1) is 0 Å². The van der Waals surface area contributed by atoms with Crippen molar-refractivity contribution in [1.82, 2.24) is 29.0 Å². The Balaban J connectivity index is 1.44. The number of aromatic nitrogens is 5. The van der Waals surface area contributed by atoms with Crippen LogP contribution in [0.2, 0.25) is 0 Å². The molecule has 0 radical (unpaired) electrons. The molecule has 1 aromatic carbocycles. The molecule has 0 bridgehead atoms. The SMILES string of the molecule is CC#CC(=O)N1CCC(n2c(=O)n(-c3ccc(C(=O)Nc4ccc(C(F)(F)F)cn4)cc3)c3c(N)ncnc32)C1. The van der Waals surface area contributed by atoms with Crippen LogP contribution in [-0.2, 0) is 11.0 Å². The van der Waals surface area contributed by atoms with E-state index in [9.17, 15) is 27.6 Å². The summed E-state index contributed by atoms with van der Waals surface area (Å²) in [4.78, 5) is 52.1. The largest absolute Gasteiger partial charge is 0.417 e. The number of benzene rings is 1. The van der Waals surface area contributed by atoms with E-state index in [1.807, 2.05) is 0 Å². The number of halogens is 3. The molecule has 4 aromatic rings. The summed E-state index contributed by atoms with van der Waals surface area (Å²) in [5.74, 6) is 4.17. The van der Waals surface area contributed by atoms with Crippen molar-refractivity contribution in [3.05, 3.63) is 70.5 Å². The quantitative estimate of drug-likeness (QED) is 0.372. The van der Waals surface area contributed by atoms with E-state index >= 15 is 0 Å². The third kappa shape index (κ3) is 4.84. The molecule has 204 valence electrons. The van der Waals surface area contributed by atoms with Crippen LogP contribution in [0.15, 0.2) is 53.7 Å². The molecule has 4 heterocycles. The molecule has 0 spiro atoms. The second kappa shape index (κ2) is 10.2. The predicted octanol–water partition coefficient (Wildman–Crippen LogP) is 2.63. The van der Waals surface area contributed by atoms with E-state index in [1.165, 1.54) is 39.7 Å². The van der Waals surface area contributed by atoms with E-state index in [-0.39, 0.29) is 41.2 Å². The lowest BCUT2D eigenvalue weighted by Gasteiger charge is -2.14. The average molecular weight is 551 g/mol. The smallest absolute Gasteiger partial charge is 0.382 e. The van der Waals surface area contributed by atoms with Crippen molar-refractivity contribution in [3.8, 4) is 17.5 Å². The highest BCUT2D eigenvalue weighted by atomic mass is 19.4. The predicted molar refractivity (Wildman–Crippen MR) is 138 cm³/mol. The topological polar surface area (TPSA) is 141 Å². The van der Waals surface area contributed by atoms with Gasteiger partial charge >= 0.3 is 11.9 Å². The molecule has 1 aliphatic rings. The van der Waals surface area contributed by atoms with Crippen LogP contribution in [0.25, 0.3) is 16.9 Å². The maximum absolute atomic E-state index is 13.7. The van der Waals surface area contributed by atoms with Crippen LogP contribution >= 0.6 is 0 Å². The first-order valence-corrected chi connectivity index (χ1v) is 12.0. The van der Waals surface area contributed by atoms with Gasteiger partial charge in [0.2, 0.25) is 0 Å². The normalized spacial score (nSPS) is 15.1. The molecule has 0 aliphatic carbocycles. The standard InChI is InChI=1S/C26H21F3N8O3/c1-2-3-20(38)35-11-10-18(13-35)37-23-21(22(30)32-14-33-23)36(25(37)40)17-7-4-15(5-8-17)24(39)34-19-9-6-16(12-31-19)26(27,28)29/h4-9,12,14,18H,10-11,13H2,1H3,(H2,30,32,33)(H,31,34,39). The van der Waals surface area contributed by atoms with Crippen molar-refractivity contribution in [3.63, 3.8) is 0 Å². The van der Waals surface area contributed by atoms with Crippen molar-refractivity contribution >= 4 is 34.6 Å². The lowest BCUT2D eigenvalue weighted by molar-refractivity contribution is -0.137. The zero-order valence-corrected chi connectivity index (χ0v) is 20.9. The van der Waals surface area contributed by atoms with Gasteiger partial charge in [0.1, 0.15) is 17.7 Å². The Kier molecular flexibility index (Phi) is 6.72. The van der Waals surface area contributed by atoms with Crippen LogP contribution in [0.5, 0.6) is 0 Å². The number of carbonyl (C=O) groups excluding carboxylic acids is 2. The highest BCUT2D eigenvalue weighted by Crippen LogP contribution is 2.29. The Hall–Kier alpha value is -5.19. The number of rotatable bonds is 4. The van der Waals surface area contributed by atoms with Gasteiger partial charge in [-0.05, 0) is 55.7 Å². The summed E-state index contributed by atoms with van der Waals surface area (Å²) in [5, 5.41) is 2.44. The van der Waals surface area contributed by atoms with Gasteiger partial charge in [0.25, 0.3) is 11.8 Å². The van der Waals surface area contributed by atoms with Crippen molar-refractivity contribution in [2.45, 2.75) is 25.6 Å². The van der Waals surface area contributed by atoms with Crippen LogP contribution in [0.4, 0.5) is 24.8 Å². The maximum atomic E-state index is 13.7. The second-order valence-corrected chi connectivity index (χ2v) is 8.92. The number of imidazole rings is 1. The molecule has 3 N–H and O–H groups in total. The minimum Gasteiger partial charge on any atom is -0.382 e. The number of nitrogen functional groups attached to an aromatic ring is 1. The number of hydrogen-bond donors (Lipinski definition) is 2. The highest BCUT2D eigenvalue weighted by molar-refractivity contribution is 6.03. The number of nitrogens with one attached hydrogen (secondary N) is 1. The number of pyridine rings is 1. The number of nitrogens with two attached hydrogens (primary N) is 1. The fourth-order valence-corrected chi connectivity index (χ4v) is 4.54. The number of likely N-dealkylation sites (tertiary alicyclic amines) is 1. The summed E-state index contributed by atoms with van der Waals surface area (Å²) in [7, 11) is 0. The molecule has 40 heavy (non-hydrogen) atoms. The molecule has 0 saturated carbocycles. The molecule has 11 nitrogen and oxygen atoms in total. The lowest BCUT2D eigenvalue weighted by atomic mass is 10.2. The molecule has 1 atom stereocenters. The molecule has 1 aliphatic heterocycles. The van der Waals surface area contributed by atoms with Gasteiger partial charge < -0.3 is 16.0 Å². The van der Waals surface area contributed by atoms with Gasteiger partial charge in [-0.3, -0.25) is 18.7 Å². The van der Waals surface area contributed by atoms with Crippen molar-refractivity contribution in [2.24, 2.45) is 0 Å². The molecular formula is C26H21F3N8O3. The monoisotopic (exact) mass is 550 g/mol. The molecule has 1 unspecified atom stereocenters. The second-order valence-electron chi connectivity index (χ2n) is 8.92. The van der Waals surface area contributed by atoms with E-state index in [0.29, 0.717) is 30.5 Å². The highest BCUT2D eigenvalue weighted by Gasteiger charge is 2.32. The molecule has 2 amide bonds. The van der Waals surface area contributed by atoms with E-state index in [4.69, 9.17) is 5.73 Å². The maximum Gasteiger partial charge on any atom is 0.417 e. The Morgan fingerprint density at radius 1 is 1.10 bits per heavy atom. The van der Waals surface area contributed by atoms with Crippen molar-refractivity contribution in [2.75, 3.05) is 24.1 Å². The van der Waals surface area contributed by atoms with E-state index in [2.05, 4.69) is 32.1 Å². The number of nitrogens with zero attached hydrogens (tertiary/aromatic N) is 6. The number of alkyl halides is 3. The molecule has 14 heteroatoms. The molecular weight excluding hydrogens is 529 g/mol. The summed E-state index contributed by atoms with van der Waals surface area (Å²) in [6, 6.07) is 7.44. The number of anilines is 2. The number of amides is 2. The van der Waals surface area contributed by atoms with E-state index in [0.717, 1.165) is 12.1 Å². The van der Waals surface area contributed by atoms with Gasteiger partial charge in [0.15, 0.2) is 11.5 Å². The average Bonchev–Trinajstić information content (AvgIpc) is 3.51. The first-order chi connectivity index (χ1) is 19.1. The summed E-state index contributed by atoms with van der Waals surface area (Å²) < 4.78 is 41.1. The Morgan fingerprint density at radius 2 is 1.85 bits per heavy atom. The van der Waals surface area contributed by atoms with Gasteiger partial charge in [-0.1, -0.05) is 5.92 Å². The van der Waals surface area contributed by atoms with Gasteiger partial charge in [0.05, 0.1) is 17.3 Å². The van der Waals surface area contributed by atoms with Crippen molar-refractivity contribution in [1.29, 1.82) is 0 Å². The third-order valence-corrected chi connectivity index (χ3v) is 6.45. The zero-order valence-electron chi connectivity index (χ0n) is 20.9.